The van der Waals surface area contributed by atoms with Crippen molar-refractivity contribution in [3.05, 3.63) is 279 Å². The van der Waals surface area contributed by atoms with Crippen LogP contribution in [0.5, 0.6) is 0 Å². The van der Waals surface area contributed by atoms with Gasteiger partial charge >= 0.3 is 0 Å². The number of aryl methyl sites for hydroxylation is 8. The van der Waals surface area contributed by atoms with Crippen molar-refractivity contribution in [1.82, 2.24) is 0 Å². The summed E-state index contributed by atoms with van der Waals surface area (Å²) in [6.45, 7) is 29.0. The molecule has 12 heteroatoms. The average Bonchev–Trinajstić information content (AvgIpc) is 1.67. The number of rotatable bonds is 8. The Morgan fingerprint density at radius 1 is 0.336 bits per heavy atom. The van der Waals surface area contributed by atoms with Crippen LogP contribution in [0.3, 0.4) is 0 Å². The van der Waals surface area contributed by atoms with Gasteiger partial charge in [-0.2, -0.15) is 18.3 Å². The van der Waals surface area contributed by atoms with Crippen molar-refractivity contribution in [2.45, 2.75) is 189 Å². The molecule has 0 aliphatic carbocycles. The SMILES string of the molecule is [2H]c1c(C([2H])(C)C([2H])([2H])[2H])c(C([2H])([2H])[2H])c(C)[n+](C)c1-c1c(C)cc(C([2H])([2H])[2H])c2c1oc1c([N+]#[C-])cccc12.[2H]c1c(C([2H])(C)C([2H])([2H])[2H])c(C([2H])([2H])[2H])c(C)[n+](C)c1-c1c(C)ccc2c1oc1c([N+]#[C-])cc(C)cc12.[2H]c1c(C([2H])(C)C([2H])([2H])[2H])c(C([2H])([2H])[2H])c(C)[n+](C)c1-c1c(C)ccc2c1oc1c([N+]#[C-])ccc(C([2H])([2H])[2H])c12.[2H]c1c(C)c(C([2H])(C)C([2H])([2H])[2H])c(C)[n+](C)c1-c1c(C)ccc2c1oc1c([N+]#[C-])c(C)ccc12. The molecule has 0 N–H and O–H groups in total. The van der Waals surface area contributed by atoms with E-state index in [4.69, 9.17) is 89.2 Å². The summed E-state index contributed by atoms with van der Waals surface area (Å²) in [4.78, 5) is 14.3. The Kier molecular flexibility index (Phi) is 13.0. The molecule has 0 radical (unpaired) electrons. The molecule has 12 nitrogen and oxygen atoms in total. The van der Waals surface area contributed by atoms with Crippen LogP contribution in [0, 0.1) is 137 Å². The minimum absolute atomic E-state index is 0.0188. The molecule has 8 aromatic heterocycles. The first kappa shape index (κ1) is 48.0. The first-order chi connectivity index (χ1) is 69.0. The summed E-state index contributed by atoms with van der Waals surface area (Å²) in [5.74, 6) is -9.16. The molecule has 8 heterocycles. The number of aromatic nitrogens is 4. The van der Waals surface area contributed by atoms with Crippen LogP contribution in [0.4, 0.5) is 22.7 Å². The maximum absolute atomic E-state index is 9.20. The highest BCUT2D eigenvalue weighted by atomic mass is 16.3. The summed E-state index contributed by atoms with van der Waals surface area (Å²) in [5, 5.41) is 4.34. The standard InChI is InChI=1S/4C26H27N2O/c1-14(2)20-13-22(28(8)18(6)17(20)5)24-16(4)9-11-19-23-15(3)10-12-21(27-7)26(23)29-25(19)24;1-14(2)22-17(5)13-21(28(8)18(22)6)23-15(3)9-11-19-20-12-10-16(4)24(27-7)26(20)29-25(19)23;1-14(2)20-13-23(28(8)18(6)17(20)5)24-16(4)9-10-19-21-11-15(3)12-22(27-7)25(21)29-26(19)24;1-14(2)20-13-22(28(8)18(6)17(20)5)24-16(4)12-15(3)23-19-10-9-11-21(27-7)25(19)29-26(23)24/h4*9-14H,1-6,8H3/q4*+1/i1D3,3D3,5D3,13D,14D;1D3,13D,14D;1D3,5D3,13D,14D;1D3,3D3,5D3,13D,14D. The number of nitrogens with zero attached hydrogens (tertiary/aromatic N) is 8. The predicted molar refractivity (Wildman–Crippen MR) is 479 cm³/mol. The maximum Gasteiger partial charge on any atom is 0.232 e. The van der Waals surface area contributed by atoms with E-state index in [1.807, 2.05) is 70.2 Å². The van der Waals surface area contributed by atoms with Crippen LogP contribution in [-0.2, 0) is 28.2 Å². The molecule has 4 atom stereocenters. The second-order valence-electron chi connectivity index (χ2n) is 29.6. The number of fused-ring (bicyclic) bond motifs is 12. The summed E-state index contributed by atoms with van der Waals surface area (Å²) in [5.41, 5.74) is 9.94. The van der Waals surface area contributed by atoms with Crippen LogP contribution in [0.15, 0.2) is 139 Å². The highest BCUT2D eigenvalue weighted by molar-refractivity contribution is 6.17. The summed E-state index contributed by atoms with van der Waals surface area (Å²) < 4.78 is 321. The molecule has 0 aliphatic heterocycles. The number of furan rings is 4. The molecule has 0 amide bonds. The van der Waals surface area contributed by atoms with Crippen molar-refractivity contribution in [2.75, 3.05) is 0 Å². The van der Waals surface area contributed by atoms with Gasteiger partial charge in [0.15, 0.2) is 22.8 Å². The van der Waals surface area contributed by atoms with Crippen molar-refractivity contribution in [2.24, 2.45) is 28.2 Å². The molecule has 0 fully saturated rings. The smallest absolute Gasteiger partial charge is 0.232 e. The summed E-state index contributed by atoms with van der Waals surface area (Å²) in [6.07, 6.45) is 0. The monoisotopic (exact) mass is 1570 g/mol. The van der Waals surface area contributed by atoms with Crippen molar-refractivity contribution < 1.29 is 83.9 Å². The highest BCUT2D eigenvalue weighted by Crippen LogP contribution is 2.48. The number of hydrogen-bond acceptors (Lipinski definition) is 4. The minimum atomic E-state index is -2.98. The fourth-order valence-corrected chi connectivity index (χ4v) is 15.5. The topological polar surface area (TPSA) is 85.5 Å². The van der Waals surface area contributed by atoms with Gasteiger partial charge in [-0.3, -0.25) is 0 Å². The van der Waals surface area contributed by atoms with Crippen LogP contribution in [0.1, 0.15) is 238 Å². The molecule has 116 heavy (non-hydrogen) atoms. The lowest BCUT2D eigenvalue weighted by atomic mass is 9.92. The van der Waals surface area contributed by atoms with E-state index in [1.165, 1.54) is 68.3 Å². The van der Waals surface area contributed by atoms with Crippen LogP contribution >= 0.6 is 0 Å². The quantitative estimate of drug-likeness (QED) is 0.112. The Morgan fingerprint density at radius 2 is 0.733 bits per heavy atom. The number of hydrogen-bond donors (Lipinski definition) is 0. The Morgan fingerprint density at radius 3 is 1.22 bits per heavy atom. The van der Waals surface area contributed by atoms with E-state index < -0.39 is 114 Å². The number of benzene rings is 8. The van der Waals surface area contributed by atoms with E-state index in [1.54, 1.807) is 88.2 Å². The summed E-state index contributed by atoms with van der Waals surface area (Å²) in [7, 11) is 6.47. The fraction of sp³-hybridized carbons (Fsp3) is 0.308. The molecular formula is C104H108N8O4+4. The first-order valence-electron chi connectivity index (χ1n) is 54.5. The zero-order valence-electron chi connectivity index (χ0n) is 103. The lowest BCUT2D eigenvalue weighted by Gasteiger charge is -2.15. The van der Waals surface area contributed by atoms with E-state index >= 15 is 0 Å². The van der Waals surface area contributed by atoms with E-state index in [0.717, 1.165) is 59.2 Å². The van der Waals surface area contributed by atoms with Crippen molar-refractivity contribution in [3.63, 3.8) is 0 Å². The first-order valence-corrected chi connectivity index (χ1v) is 37.0. The van der Waals surface area contributed by atoms with E-state index in [-0.39, 0.29) is 124 Å². The Hall–Kier alpha value is -12.5. The van der Waals surface area contributed by atoms with E-state index in [9.17, 15) is 2.74 Å². The summed E-state index contributed by atoms with van der Waals surface area (Å²) >= 11 is 0. The molecule has 0 saturated heterocycles. The largest absolute Gasteiger partial charge is 0.466 e. The van der Waals surface area contributed by atoms with Crippen LogP contribution in [0.2, 0.25) is 0 Å². The van der Waals surface area contributed by atoms with Gasteiger partial charge < -0.3 is 17.7 Å². The van der Waals surface area contributed by atoms with Crippen LogP contribution in [0.25, 0.3) is 152 Å². The molecule has 4 unspecified atom stereocenters. The average molecular weight is 1570 g/mol. The third-order valence-electron chi connectivity index (χ3n) is 22.1. The van der Waals surface area contributed by atoms with E-state index in [2.05, 4.69) is 19.4 Å². The minimum Gasteiger partial charge on any atom is -0.466 e. The van der Waals surface area contributed by atoms with E-state index in [0.29, 0.717) is 100 Å². The third-order valence-corrected chi connectivity index (χ3v) is 22.1. The second-order valence-corrected chi connectivity index (χ2v) is 29.6. The molecule has 0 bridgehead atoms. The van der Waals surface area contributed by atoms with Gasteiger partial charge in [-0.15, -0.1) is 0 Å². The van der Waals surface area contributed by atoms with Gasteiger partial charge in [-0.05, 0) is 174 Å². The zero-order chi connectivity index (χ0) is 114. The van der Waals surface area contributed by atoms with Gasteiger partial charge in [0.1, 0.15) is 72.9 Å². The van der Waals surface area contributed by atoms with Gasteiger partial charge in [0, 0.05) is 160 Å². The zero-order valence-corrected chi connectivity index (χ0v) is 67.9. The Labute approximate surface area is 733 Å². The Bertz CT molecular complexity index is 8600. The summed E-state index contributed by atoms with van der Waals surface area (Å²) in [6, 6.07) is 26.3. The van der Waals surface area contributed by atoms with Crippen molar-refractivity contribution in [1.29, 1.82) is 0 Å². The molecule has 0 spiro atoms. The van der Waals surface area contributed by atoms with Gasteiger partial charge in [-0.1, -0.05) is 152 Å². The van der Waals surface area contributed by atoms with Gasteiger partial charge in [0.2, 0.25) is 45.5 Å². The number of para-hydroxylation sites is 1. The molecule has 584 valence electrons. The number of pyridine rings is 4. The van der Waals surface area contributed by atoms with Gasteiger partial charge in [-0.25, -0.2) is 19.4 Å². The molecule has 16 aromatic rings. The lowest BCUT2D eigenvalue weighted by molar-refractivity contribution is -0.667. The van der Waals surface area contributed by atoms with Crippen LogP contribution < -0.4 is 18.3 Å². The second kappa shape index (κ2) is 31.4. The van der Waals surface area contributed by atoms with Gasteiger partial charge in [0.05, 0.1) is 54.0 Å². The third kappa shape index (κ3) is 13.6. The molecular weight excluding hydrogens is 1430 g/mol. The highest BCUT2D eigenvalue weighted by Gasteiger charge is 2.32. The molecule has 16 rings (SSSR count). The lowest BCUT2D eigenvalue weighted by Crippen LogP contribution is -2.37. The predicted octanol–water partition coefficient (Wildman–Crippen LogP) is 27.9. The molecule has 0 saturated carbocycles. The van der Waals surface area contributed by atoms with Crippen molar-refractivity contribution in [3.8, 4) is 45.0 Å². The maximum atomic E-state index is 9.20. The van der Waals surface area contributed by atoms with Crippen LogP contribution in [-0.4, -0.2) is 0 Å². The molecule has 0 aliphatic rings. The normalized spacial score (nSPS) is 19.0. The molecule has 8 aromatic carbocycles. The van der Waals surface area contributed by atoms with Gasteiger partial charge in [0.25, 0.3) is 0 Å². The van der Waals surface area contributed by atoms with Crippen molar-refractivity contribution >= 4 is 111 Å². The fourth-order valence-electron chi connectivity index (χ4n) is 15.5. The Balaban J connectivity index is 0.000000168.